The van der Waals surface area contributed by atoms with Crippen molar-refractivity contribution < 1.29 is 4.74 Å². The molecule has 1 saturated heterocycles. The van der Waals surface area contributed by atoms with Gasteiger partial charge in [-0.15, -0.1) is 0 Å². The van der Waals surface area contributed by atoms with Gasteiger partial charge in [0.2, 0.25) is 0 Å². The van der Waals surface area contributed by atoms with Gasteiger partial charge in [-0.05, 0) is 40.0 Å². The molecule has 20 heavy (non-hydrogen) atoms. The van der Waals surface area contributed by atoms with Crippen molar-refractivity contribution in [3.05, 3.63) is 29.3 Å². The molecule has 1 aromatic rings. The highest BCUT2D eigenvalue weighted by Gasteiger charge is 2.32. The molecule has 4 nitrogen and oxygen atoms in total. The van der Waals surface area contributed by atoms with Crippen LogP contribution in [-0.4, -0.2) is 51.1 Å². The summed E-state index contributed by atoms with van der Waals surface area (Å²) in [4.78, 5) is 4.57. The van der Waals surface area contributed by atoms with Crippen molar-refractivity contribution in [2.45, 2.75) is 19.0 Å². The van der Waals surface area contributed by atoms with Gasteiger partial charge in [0.15, 0.2) is 0 Å². The molecule has 0 bridgehead atoms. The number of para-hydroxylation sites is 1. The van der Waals surface area contributed by atoms with Crippen LogP contribution in [0.5, 0.6) is 5.75 Å². The zero-order valence-electron chi connectivity index (χ0n) is 13.1. The smallest absolute Gasteiger partial charge is 0.128 e. The predicted octanol–water partition coefficient (Wildman–Crippen LogP) is 1.71. The summed E-state index contributed by atoms with van der Waals surface area (Å²) in [6, 6.07) is 6.90. The predicted molar refractivity (Wildman–Crippen MR) is 82.9 cm³/mol. The number of nitrogens with zero attached hydrogens (tertiary/aromatic N) is 2. The van der Waals surface area contributed by atoms with Crippen molar-refractivity contribution in [3.8, 4) is 5.75 Å². The van der Waals surface area contributed by atoms with Crippen LogP contribution in [0.15, 0.2) is 18.2 Å². The minimum absolute atomic E-state index is 0.417. The summed E-state index contributed by atoms with van der Waals surface area (Å²) in [7, 11) is 8.11. The van der Waals surface area contributed by atoms with Crippen LogP contribution in [0.3, 0.4) is 0 Å². The van der Waals surface area contributed by atoms with E-state index < -0.39 is 0 Å². The third-order valence-corrected chi connectivity index (χ3v) is 4.14. The second-order valence-corrected chi connectivity index (χ2v) is 6.07. The van der Waals surface area contributed by atoms with E-state index in [1.54, 1.807) is 7.11 Å². The van der Waals surface area contributed by atoms with Gasteiger partial charge < -0.3 is 15.4 Å². The van der Waals surface area contributed by atoms with E-state index in [-0.39, 0.29) is 0 Å². The summed E-state index contributed by atoms with van der Waals surface area (Å²) in [6.07, 6.45) is 1.12. The lowest BCUT2D eigenvalue weighted by atomic mass is 9.97. The molecule has 2 atom stereocenters. The van der Waals surface area contributed by atoms with Gasteiger partial charge in [0.1, 0.15) is 5.75 Å². The van der Waals surface area contributed by atoms with E-state index in [1.165, 1.54) is 11.1 Å². The first kappa shape index (κ1) is 15.3. The van der Waals surface area contributed by atoms with Crippen molar-refractivity contribution in [3.63, 3.8) is 0 Å². The lowest BCUT2D eigenvalue weighted by molar-refractivity contribution is 0.300. The van der Waals surface area contributed by atoms with Crippen LogP contribution < -0.4 is 10.5 Å². The van der Waals surface area contributed by atoms with Gasteiger partial charge in [-0.1, -0.05) is 18.2 Å². The van der Waals surface area contributed by atoms with E-state index in [2.05, 4.69) is 49.1 Å². The van der Waals surface area contributed by atoms with Crippen LogP contribution in [-0.2, 0) is 6.54 Å². The molecule has 2 N–H and O–H groups in total. The lowest BCUT2D eigenvalue weighted by Gasteiger charge is -2.24. The summed E-state index contributed by atoms with van der Waals surface area (Å²) < 4.78 is 5.72. The topological polar surface area (TPSA) is 41.7 Å². The molecular weight excluding hydrogens is 250 g/mol. The highest BCUT2D eigenvalue weighted by Crippen LogP contribution is 2.39. The summed E-state index contributed by atoms with van der Waals surface area (Å²) in [5, 5.41) is 0. The number of hydrogen-bond acceptors (Lipinski definition) is 4. The Hall–Kier alpha value is -1.10. The van der Waals surface area contributed by atoms with E-state index in [9.17, 15) is 0 Å². The molecule has 0 radical (unpaired) electrons. The maximum Gasteiger partial charge on any atom is 0.128 e. The molecular formula is C16H27N3O. The largest absolute Gasteiger partial charge is 0.496 e. The monoisotopic (exact) mass is 277 g/mol. The standard InChI is InChI=1S/C16H27N3O/c1-18(2)11-13-6-5-7-14(16(13)20-4)15-8-12(9-17)10-19(15)3/h5-7,12,15H,8-11,17H2,1-4H3. The highest BCUT2D eigenvalue weighted by atomic mass is 16.5. The van der Waals surface area contributed by atoms with Gasteiger partial charge in [0, 0.05) is 30.3 Å². The number of methoxy groups -OCH3 is 1. The molecule has 0 amide bonds. The normalized spacial score (nSPS) is 23.5. The SMILES string of the molecule is COc1c(CN(C)C)cccc1C1CC(CN)CN1C. The Morgan fingerprint density at radius 1 is 1.40 bits per heavy atom. The summed E-state index contributed by atoms with van der Waals surface area (Å²) >= 11 is 0. The lowest BCUT2D eigenvalue weighted by Crippen LogP contribution is -2.21. The Labute approximate surface area is 122 Å². The van der Waals surface area contributed by atoms with Gasteiger partial charge in [-0.25, -0.2) is 0 Å². The van der Waals surface area contributed by atoms with Crippen LogP contribution in [0.4, 0.5) is 0 Å². The van der Waals surface area contributed by atoms with E-state index in [0.29, 0.717) is 12.0 Å². The average molecular weight is 277 g/mol. The van der Waals surface area contributed by atoms with Crippen LogP contribution >= 0.6 is 0 Å². The molecule has 1 fully saturated rings. The second kappa shape index (κ2) is 6.57. The van der Waals surface area contributed by atoms with Crippen LogP contribution in [0.25, 0.3) is 0 Å². The van der Waals surface area contributed by atoms with Crippen molar-refractivity contribution >= 4 is 0 Å². The Morgan fingerprint density at radius 3 is 2.70 bits per heavy atom. The number of benzene rings is 1. The zero-order chi connectivity index (χ0) is 14.7. The van der Waals surface area contributed by atoms with E-state index >= 15 is 0 Å². The third kappa shape index (κ3) is 3.14. The molecule has 1 aliphatic rings. The van der Waals surface area contributed by atoms with E-state index in [0.717, 1.165) is 31.8 Å². The molecule has 1 aliphatic heterocycles. The second-order valence-electron chi connectivity index (χ2n) is 6.07. The summed E-state index contributed by atoms with van der Waals surface area (Å²) in [6.45, 7) is 2.73. The summed E-state index contributed by atoms with van der Waals surface area (Å²) in [5.74, 6) is 1.63. The van der Waals surface area contributed by atoms with Crippen molar-refractivity contribution in [2.24, 2.45) is 11.7 Å². The number of hydrogen-bond donors (Lipinski definition) is 1. The van der Waals surface area contributed by atoms with Crippen molar-refractivity contribution in [2.75, 3.05) is 41.3 Å². The van der Waals surface area contributed by atoms with Gasteiger partial charge in [0.05, 0.1) is 7.11 Å². The molecule has 112 valence electrons. The summed E-state index contributed by atoms with van der Waals surface area (Å²) in [5.41, 5.74) is 8.38. The number of ether oxygens (including phenoxy) is 1. The molecule has 0 saturated carbocycles. The van der Waals surface area contributed by atoms with Crippen LogP contribution in [0.2, 0.25) is 0 Å². The van der Waals surface area contributed by atoms with Crippen molar-refractivity contribution in [1.82, 2.24) is 9.80 Å². The zero-order valence-corrected chi connectivity index (χ0v) is 13.1. The Balaban J connectivity index is 2.31. The molecule has 0 aliphatic carbocycles. The third-order valence-electron chi connectivity index (χ3n) is 4.14. The molecule has 0 aromatic heterocycles. The maximum atomic E-state index is 5.84. The average Bonchev–Trinajstić information content (AvgIpc) is 2.79. The first-order chi connectivity index (χ1) is 9.56. The van der Waals surface area contributed by atoms with Gasteiger partial charge >= 0.3 is 0 Å². The van der Waals surface area contributed by atoms with Gasteiger partial charge in [0.25, 0.3) is 0 Å². The van der Waals surface area contributed by atoms with Crippen molar-refractivity contribution in [1.29, 1.82) is 0 Å². The molecule has 1 aromatic carbocycles. The fourth-order valence-electron chi connectivity index (χ4n) is 3.22. The first-order valence-electron chi connectivity index (χ1n) is 7.27. The molecule has 0 spiro atoms. The van der Waals surface area contributed by atoms with Gasteiger partial charge in [-0.3, -0.25) is 4.90 Å². The molecule has 1 heterocycles. The number of likely N-dealkylation sites (tertiary alicyclic amines) is 1. The van der Waals surface area contributed by atoms with Crippen LogP contribution in [0, 0.1) is 5.92 Å². The molecule has 2 rings (SSSR count). The minimum Gasteiger partial charge on any atom is -0.496 e. The highest BCUT2D eigenvalue weighted by molar-refractivity contribution is 5.44. The number of rotatable bonds is 5. The minimum atomic E-state index is 0.417. The quantitative estimate of drug-likeness (QED) is 0.889. The van der Waals surface area contributed by atoms with E-state index in [4.69, 9.17) is 10.5 Å². The molecule has 2 unspecified atom stereocenters. The Bertz CT molecular complexity index is 447. The fourth-order valence-corrected chi connectivity index (χ4v) is 3.22. The maximum absolute atomic E-state index is 5.84. The Morgan fingerprint density at radius 2 is 2.15 bits per heavy atom. The molecule has 4 heteroatoms. The van der Waals surface area contributed by atoms with Gasteiger partial charge in [-0.2, -0.15) is 0 Å². The van der Waals surface area contributed by atoms with E-state index in [1.807, 2.05) is 0 Å². The first-order valence-corrected chi connectivity index (χ1v) is 7.27. The fraction of sp³-hybridized carbons (Fsp3) is 0.625. The Kier molecular flexibility index (Phi) is 5.02. The number of nitrogens with two attached hydrogens (primary N) is 1. The van der Waals surface area contributed by atoms with Crippen LogP contribution in [0.1, 0.15) is 23.6 Å².